The average Bonchev–Trinajstić information content (AvgIpc) is 3.29. The van der Waals surface area contributed by atoms with Crippen LogP contribution in [0.2, 0.25) is 0 Å². The van der Waals surface area contributed by atoms with Crippen LogP contribution in [0.1, 0.15) is 35.5 Å². The van der Waals surface area contributed by atoms with Gasteiger partial charge in [0.05, 0.1) is 17.9 Å². The number of aryl methyl sites for hydroxylation is 4. The Morgan fingerprint density at radius 2 is 1.96 bits per heavy atom. The lowest BCUT2D eigenvalue weighted by Crippen LogP contribution is -2.36. The van der Waals surface area contributed by atoms with E-state index in [0.717, 1.165) is 17.9 Å². The van der Waals surface area contributed by atoms with E-state index in [9.17, 15) is 8.42 Å². The molecule has 0 saturated heterocycles. The Kier molecular flexibility index (Phi) is 5.07. The molecule has 4 rings (SSSR count). The van der Waals surface area contributed by atoms with Crippen molar-refractivity contribution in [2.45, 2.75) is 51.1 Å². The SMILES string of the molecule is CCn1cc(S(=O)(=O)N2CCc3oc(CCc4ccccc4)nc3C2)c(C)n1. The number of hydrogen-bond donors (Lipinski definition) is 0. The Hall–Kier alpha value is -2.45. The molecule has 0 radical (unpaired) electrons. The van der Waals surface area contributed by atoms with Gasteiger partial charge in [0, 0.05) is 32.1 Å². The molecule has 28 heavy (non-hydrogen) atoms. The van der Waals surface area contributed by atoms with Crippen LogP contribution in [0.15, 0.2) is 45.8 Å². The summed E-state index contributed by atoms with van der Waals surface area (Å²) < 4.78 is 35.2. The minimum atomic E-state index is -3.60. The molecule has 3 aromatic rings. The lowest BCUT2D eigenvalue weighted by Gasteiger charge is -2.24. The molecule has 0 aliphatic carbocycles. The fourth-order valence-corrected chi connectivity index (χ4v) is 5.06. The number of hydrogen-bond acceptors (Lipinski definition) is 5. The van der Waals surface area contributed by atoms with E-state index in [1.54, 1.807) is 17.8 Å². The van der Waals surface area contributed by atoms with Crippen molar-refractivity contribution in [3.8, 4) is 0 Å². The zero-order valence-corrected chi connectivity index (χ0v) is 16.9. The molecule has 8 heteroatoms. The van der Waals surface area contributed by atoms with Crippen LogP contribution in [0.5, 0.6) is 0 Å². The summed E-state index contributed by atoms with van der Waals surface area (Å²) in [6, 6.07) is 10.2. The Labute approximate surface area is 165 Å². The van der Waals surface area contributed by atoms with Gasteiger partial charge in [-0.25, -0.2) is 13.4 Å². The third kappa shape index (κ3) is 3.62. The second-order valence-electron chi connectivity index (χ2n) is 6.99. The molecule has 148 valence electrons. The van der Waals surface area contributed by atoms with Gasteiger partial charge in [-0.2, -0.15) is 9.40 Å². The van der Waals surface area contributed by atoms with Crippen molar-refractivity contribution in [1.82, 2.24) is 19.1 Å². The van der Waals surface area contributed by atoms with Crippen molar-refractivity contribution in [3.63, 3.8) is 0 Å². The third-order valence-electron chi connectivity index (χ3n) is 5.05. The highest BCUT2D eigenvalue weighted by Gasteiger charge is 2.33. The minimum Gasteiger partial charge on any atom is -0.445 e. The lowest BCUT2D eigenvalue weighted by atomic mass is 10.1. The van der Waals surface area contributed by atoms with E-state index in [1.807, 2.05) is 25.1 Å². The topological polar surface area (TPSA) is 81.2 Å². The summed E-state index contributed by atoms with van der Waals surface area (Å²) in [5, 5.41) is 4.27. The maximum atomic E-state index is 13.1. The van der Waals surface area contributed by atoms with Crippen molar-refractivity contribution >= 4 is 10.0 Å². The van der Waals surface area contributed by atoms with Gasteiger partial charge in [0.25, 0.3) is 0 Å². The van der Waals surface area contributed by atoms with Crippen molar-refractivity contribution in [2.24, 2.45) is 0 Å². The predicted octanol–water partition coefficient (Wildman–Crippen LogP) is 2.73. The Bertz CT molecular complexity index is 1070. The normalized spacial score (nSPS) is 14.9. The molecular weight excluding hydrogens is 376 g/mol. The first-order valence-electron chi connectivity index (χ1n) is 9.53. The third-order valence-corrected chi connectivity index (χ3v) is 7.00. The summed E-state index contributed by atoms with van der Waals surface area (Å²) in [5.74, 6) is 1.47. The predicted molar refractivity (Wildman–Crippen MR) is 104 cm³/mol. The summed E-state index contributed by atoms with van der Waals surface area (Å²) in [5.41, 5.74) is 2.47. The maximum Gasteiger partial charge on any atom is 0.246 e. The first-order chi connectivity index (χ1) is 13.5. The molecule has 1 aromatic carbocycles. The Morgan fingerprint density at radius 3 is 2.68 bits per heavy atom. The van der Waals surface area contributed by atoms with E-state index in [4.69, 9.17) is 4.42 Å². The standard InChI is InChI=1S/C20H24N4O3S/c1-3-23-14-19(15(2)22-23)28(25,26)24-12-11-18-17(13-24)21-20(27-18)10-9-16-7-5-4-6-8-16/h4-8,14H,3,9-13H2,1-2H3. The number of oxazole rings is 1. The number of rotatable bonds is 6. The summed E-state index contributed by atoms with van der Waals surface area (Å²) in [6.45, 7) is 4.92. The molecule has 1 aliphatic heterocycles. The average molecular weight is 401 g/mol. The minimum absolute atomic E-state index is 0.239. The summed E-state index contributed by atoms with van der Waals surface area (Å²) >= 11 is 0. The molecule has 2 aromatic heterocycles. The molecule has 0 saturated carbocycles. The van der Waals surface area contributed by atoms with Crippen molar-refractivity contribution in [3.05, 3.63) is 65.1 Å². The zero-order chi connectivity index (χ0) is 19.7. The van der Waals surface area contributed by atoms with Gasteiger partial charge in [-0.3, -0.25) is 4.68 Å². The number of benzene rings is 1. The van der Waals surface area contributed by atoms with Gasteiger partial charge in [0.2, 0.25) is 10.0 Å². The van der Waals surface area contributed by atoms with E-state index in [0.29, 0.717) is 37.5 Å². The van der Waals surface area contributed by atoms with Gasteiger partial charge < -0.3 is 4.42 Å². The fraction of sp³-hybridized carbons (Fsp3) is 0.400. The van der Waals surface area contributed by atoms with Gasteiger partial charge >= 0.3 is 0 Å². The van der Waals surface area contributed by atoms with Crippen molar-refractivity contribution in [1.29, 1.82) is 0 Å². The van der Waals surface area contributed by atoms with E-state index < -0.39 is 10.0 Å². The smallest absolute Gasteiger partial charge is 0.246 e. The monoisotopic (exact) mass is 400 g/mol. The fourth-order valence-electron chi connectivity index (χ4n) is 3.49. The van der Waals surface area contributed by atoms with Crippen LogP contribution >= 0.6 is 0 Å². The molecule has 0 bridgehead atoms. The lowest BCUT2D eigenvalue weighted by molar-refractivity contribution is 0.356. The van der Waals surface area contributed by atoms with Crippen LogP contribution < -0.4 is 0 Å². The van der Waals surface area contributed by atoms with Gasteiger partial charge in [-0.15, -0.1) is 0 Å². The molecule has 0 fully saturated rings. The molecule has 0 unspecified atom stereocenters. The molecule has 0 atom stereocenters. The molecule has 0 amide bonds. The highest BCUT2D eigenvalue weighted by atomic mass is 32.2. The van der Waals surface area contributed by atoms with E-state index in [1.165, 1.54) is 9.87 Å². The van der Waals surface area contributed by atoms with Gasteiger partial charge in [-0.05, 0) is 25.8 Å². The first kappa shape index (κ1) is 18.9. The highest BCUT2D eigenvalue weighted by molar-refractivity contribution is 7.89. The maximum absolute atomic E-state index is 13.1. The van der Waals surface area contributed by atoms with Crippen LogP contribution in [0.25, 0.3) is 0 Å². The van der Waals surface area contributed by atoms with E-state index in [2.05, 4.69) is 22.2 Å². The summed E-state index contributed by atoms with van der Waals surface area (Å²) in [6.07, 6.45) is 3.69. The van der Waals surface area contributed by atoms with Crippen LogP contribution in [0, 0.1) is 6.92 Å². The van der Waals surface area contributed by atoms with Crippen LogP contribution in [-0.2, 0) is 42.4 Å². The number of sulfonamides is 1. The number of fused-ring (bicyclic) bond motifs is 1. The number of nitrogens with zero attached hydrogens (tertiary/aromatic N) is 4. The van der Waals surface area contributed by atoms with Gasteiger partial charge in [0.15, 0.2) is 5.89 Å². The van der Waals surface area contributed by atoms with Gasteiger partial charge in [0.1, 0.15) is 10.7 Å². The molecule has 1 aliphatic rings. The second kappa shape index (κ2) is 7.52. The molecule has 7 nitrogen and oxygen atoms in total. The Morgan fingerprint density at radius 1 is 1.18 bits per heavy atom. The van der Waals surface area contributed by atoms with E-state index in [-0.39, 0.29) is 11.4 Å². The largest absolute Gasteiger partial charge is 0.445 e. The zero-order valence-electron chi connectivity index (χ0n) is 16.1. The van der Waals surface area contributed by atoms with Crippen LogP contribution in [0.3, 0.4) is 0 Å². The summed E-state index contributed by atoms with van der Waals surface area (Å²) in [4.78, 5) is 4.84. The van der Waals surface area contributed by atoms with Crippen molar-refractivity contribution in [2.75, 3.05) is 6.54 Å². The quantitative estimate of drug-likeness (QED) is 0.635. The highest BCUT2D eigenvalue weighted by Crippen LogP contribution is 2.27. The first-order valence-corrected chi connectivity index (χ1v) is 11.0. The van der Waals surface area contributed by atoms with Crippen LogP contribution in [0.4, 0.5) is 0 Å². The Balaban J connectivity index is 1.50. The van der Waals surface area contributed by atoms with Crippen LogP contribution in [-0.4, -0.2) is 34.0 Å². The van der Waals surface area contributed by atoms with Gasteiger partial charge in [-0.1, -0.05) is 30.3 Å². The van der Waals surface area contributed by atoms with E-state index >= 15 is 0 Å². The second-order valence-corrected chi connectivity index (χ2v) is 8.89. The summed E-state index contributed by atoms with van der Waals surface area (Å²) in [7, 11) is -3.60. The number of aromatic nitrogens is 3. The molecule has 3 heterocycles. The molecule has 0 spiro atoms. The van der Waals surface area contributed by atoms with Crippen molar-refractivity contribution < 1.29 is 12.8 Å². The molecular formula is C20H24N4O3S. The molecule has 0 N–H and O–H groups in total.